The summed E-state index contributed by atoms with van der Waals surface area (Å²) in [6, 6.07) is 15.1. The average molecular weight is 516 g/mol. The lowest BCUT2D eigenvalue weighted by molar-refractivity contribution is -0.137. The topological polar surface area (TPSA) is 72.3 Å². The Morgan fingerprint density at radius 2 is 1.89 bits per heavy atom. The van der Waals surface area contributed by atoms with Crippen molar-refractivity contribution in [1.29, 1.82) is 5.26 Å². The number of benzene rings is 2. The van der Waals surface area contributed by atoms with E-state index in [4.69, 9.17) is 0 Å². The van der Waals surface area contributed by atoms with E-state index in [9.17, 15) is 23.2 Å². The number of nitriles is 1. The van der Waals surface area contributed by atoms with Gasteiger partial charge in [-0.1, -0.05) is 18.2 Å². The largest absolute Gasteiger partial charge is 0.416 e. The second-order valence-corrected chi connectivity index (χ2v) is 9.07. The van der Waals surface area contributed by atoms with Crippen LogP contribution in [-0.4, -0.2) is 29.5 Å². The first-order valence-corrected chi connectivity index (χ1v) is 12.1. The van der Waals surface area contributed by atoms with E-state index in [1.54, 1.807) is 36.5 Å². The van der Waals surface area contributed by atoms with Crippen molar-refractivity contribution in [3.05, 3.63) is 107 Å². The van der Waals surface area contributed by atoms with Crippen molar-refractivity contribution in [2.24, 2.45) is 0 Å². The van der Waals surface area contributed by atoms with Gasteiger partial charge >= 0.3 is 12.2 Å². The summed E-state index contributed by atoms with van der Waals surface area (Å²) in [5.74, 6) is 0. The van der Waals surface area contributed by atoms with Crippen LogP contribution < -0.4 is 10.2 Å². The number of nitrogens with zero attached hydrogens (tertiary/aromatic N) is 4. The van der Waals surface area contributed by atoms with Crippen LogP contribution in [0.5, 0.6) is 0 Å². The molecule has 2 aromatic carbocycles. The van der Waals surface area contributed by atoms with Gasteiger partial charge in [-0.05, 0) is 66.1 Å². The van der Waals surface area contributed by atoms with Gasteiger partial charge < -0.3 is 10.2 Å². The van der Waals surface area contributed by atoms with Gasteiger partial charge in [0.1, 0.15) is 0 Å². The summed E-state index contributed by atoms with van der Waals surface area (Å²) in [6.45, 7) is 2.41. The minimum absolute atomic E-state index is 0.161. The summed E-state index contributed by atoms with van der Waals surface area (Å²) < 4.78 is 40.6. The summed E-state index contributed by atoms with van der Waals surface area (Å²) in [5, 5.41) is 13.0. The number of alkyl halides is 3. The number of halogens is 3. The van der Waals surface area contributed by atoms with Gasteiger partial charge in [-0.3, -0.25) is 9.88 Å². The molecule has 0 bridgehead atoms. The van der Waals surface area contributed by atoms with Crippen molar-refractivity contribution in [2.45, 2.75) is 25.6 Å². The molecule has 3 heterocycles. The van der Waals surface area contributed by atoms with Crippen LogP contribution in [0.25, 0.3) is 11.1 Å². The molecule has 0 saturated heterocycles. The van der Waals surface area contributed by atoms with Crippen molar-refractivity contribution in [1.82, 2.24) is 15.2 Å². The normalized spacial score (nSPS) is 18.8. The molecule has 192 valence electrons. The molecule has 1 N–H and O–H groups in total. The molecule has 5 rings (SSSR count). The van der Waals surface area contributed by atoms with E-state index in [0.29, 0.717) is 24.2 Å². The summed E-state index contributed by atoms with van der Waals surface area (Å²) >= 11 is 0. The zero-order valence-electron chi connectivity index (χ0n) is 20.8. The van der Waals surface area contributed by atoms with Crippen LogP contribution >= 0.6 is 0 Å². The number of nitrogens with one attached hydrogen (secondary N) is 1. The third kappa shape index (κ3) is 4.28. The third-order valence-corrected chi connectivity index (χ3v) is 6.89. The van der Waals surface area contributed by atoms with E-state index >= 15 is 0 Å². The number of rotatable bonds is 3. The Morgan fingerprint density at radius 3 is 2.58 bits per heavy atom. The molecule has 3 aromatic rings. The predicted molar refractivity (Wildman–Crippen MR) is 138 cm³/mol. The molecular weight excluding hydrogens is 491 g/mol. The molecule has 0 fully saturated rings. The van der Waals surface area contributed by atoms with E-state index in [0.717, 1.165) is 40.1 Å². The lowest BCUT2D eigenvalue weighted by atomic mass is 9.84. The Balaban J connectivity index is 1.75. The molecule has 2 amide bonds. The fraction of sp³-hybridized carbons (Fsp3) is 0.207. The van der Waals surface area contributed by atoms with E-state index < -0.39 is 23.8 Å². The number of allylic oxidation sites excluding steroid dienone is 1. The van der Waals surface area contributed by atoms with E-state index in [1.165, 1.54) is 17.0 Å². The Bertz CT molecular complexity index is 1500. The van der Waals surface area contributed by atoms with Crippen molar-refractivity contribution in [3.63, 3.8) is 0 Å². The number of hydrogen-bond donors (Lipinski definition) is 1. The van der Waals surface area contributed by atoms with Gasteiger partial charge in [0.05, 0.1) is 28.9 Å². The minimum Gasteiger partial charge on any atom is -0.385 e. The zero-order chi connectivity index (χ0) is 27.0. The minimum atomic E-state index is -4.54. The molecule has 0 spiro atoms. The second-order valence-electron chi connectivity index (χ2n) is 9.07. The molecule has 2 aliphatic rings. The fourth-order valence-corrected chi connectivity index (χ4v) is 5.17. The Kier molecular flexibility index (Phi) is 6.41. The van der Waals surface area contributed by atoms with Crippen LogP contribution in [0.15, 0.2) is 90.0 Å². The van der Waals surface area contributed by atoms with E-state index in [-0.39, 0.29) is 5.69 Å². The molecule has 38 heavy (non-hydrogen) atoms. The molecule has 0 radical (unpaired) electrons. The lowest BCUT2D eigenvalue weighted by Crippen LogP contribution is -2.51. The molecule has 1 unspecified atom stereocenters. The Morgan fingerprint density at radius 1 is 1.13 bits per heavy atom. The molecule has 9 heteroatoms. The SMILES string of the molecule is CC=C1NCCC2=C1C(c1ccc(C#N)cc1-c1ccncc1)N(C)C(=O)N2c1cccc(C(F)(F)F)c1. The van der Waals surface area contributed by atoms with Crippen molar-refractivity contribution < 1.29 is 18.0 Å². The molecule has 6 nitrogen and oxygen atoms in total. The van der Waals surface area contributed by atoms with E-state index in [2.05, 4.69) is 16.4 Å². The van der Waals surface area contributed by atoms with Crippen LogP contribution in [0.1, 0.15) is 36.1 Å². The summed E-state index contributed by atoms with van der Waals surface area (Å²) in [6.07, 6.45) is 1.14. The summed E-state index contributed by atoms with van der Waals surface area (Å²) in [7, 11) is 1.65. The van der Waals surface area contributed by atoms with Crippen molar-refractivity contribution in [2.75, 3.05) is 18.5 Å². The standard InChI is InChI=1S/C29H24F3N5O/c1-3-24-26-25(11-14-35-24)37(21-6-4-5-20(16-21)29(30,31)32)28(38)36(2)27(26)22-8-7-18(17-33)15-23(22)19-9-12-34-13-10-19/h3-10,12-13,15-16,27,35H,11,14H2,1-2H3. The van der Waals surface area contributed by atoms with Crippen LogP contribution in [-0.2, 0) is 6.18 Å². The fourth-order valence-electron chi connectivity index (χ4n) is 5.17. The first-order chi connectivity index (χ1) is 18.2. The van der Waals surface area contributed by atoms with Crippen LogP contribution in [0, 0.1) is 11.3 Å². The van der Waals surface area contributed by atoms with Crippen molar-refractivity contribution >= 4 is 11.7 Å². The van der Waals surface area contributed by atoms with Crippen LogP contribution in [0.3, 0.4) is 0 Å². The maximum absolute atomic E-state index is 13.9. The summed E-state index contributed by atoms with van der Waals surface area (Å²) in [5.41, 5.74) is 4.47. The highest BCUT2D eigenvalue weighted by Crippen LogP contribution is 2.46. The lowest BCUT2D eigenvalue weighted by Gasteiger charge is -2.46. The first kappa shape index (κ1) is 25.1. The van der Waals surface area contributed by atoms with Gasteiger partial charge in [-0.25, -0.2) is 4.79 Å². The highest BCUT2D eigenvalue weighted by atomic mass is 19.4. The number of pyridine rings is 1. The molecular formula is C29H24F3N5O. The molecule has 0 aliphatic carbocycles. The molecule has 1 atom stereocenters. The van der Waals surface area contributed by atoms with Crippen LogP contribution in [0.4, 0.5) is 23.7 Å². The van der Waals surface area contributed by atoms with Gasteiger partial charge in [0.15, 0.2) is 0 Å². The Hall–Kier alpha value is -4.58. The van der Waals surface area contributed by atoms with Gasteiger partial charge in [-0.2, -0.15) is 18.4 Å². The second kappa shape index (κ2) is 9.71. The maximum atomic E-state index is 13.9. The number of hydrogen-bond acceptors (Lipinski definition) is 4. The van der Waals surface area contributed by atoms with Gasteiger partial charge in [0.2, 0.25) is 0 Å². The smallest absolute Gasteiger partial charge is 0.385 e. The van der Waals surface area contributed by atoms with E-state index in [1.807, 2.05) is 31.2 Å². The van der Waals surface area contributed by atoms with Crippen molar-refractivity contribution in [3.8, 4) is 17.2 Å². The van der Waals surface area contributed by atoms with Gasteiger partial charge in [0, 0.05) is 49.4 Å². The number of likely N-dealkylation sites (N-methyl/N-ethyl adjacent to an activating group) is 1. The van der Waals surface area contributed by atoms with Gasteiger partial charge in [-0.15, -0.1) is 0 Å². The summed E-state index contributed by atoms with van der Waals surface area (Å²) in [4.78, 5) is 21.0. The highest BCUT2D eigenvalue weighted by Gasteiger charge is 2.43. The first-order valence-electron chi connectivity index (χ1n) is 12.1. The number of amides is 2. The third-order valence-electron chi connectivity index (χ3n) is 6.89. The molecule has 0 saturated carbocycles. The van der Waals surface area contributed by atoms with Crippen LogP contribution in [0.2, 0.25) is 0 Å². The number of anilines is 1. The predicted octanol–water partition coefficient (Wildman–Crippen LogP) is 6.40. The Labute approximate surface area is 218 Å². The molecule has 2 aliphatic heterocycles. The average Bonchev–Trinajstić information content (AvgIpc) is 2.93. The molecule has 1 aromatic heterocycles. The number of aromatic nitrogens is 1. The number of carbonyl (C=O) groups excluding carboxylic acids is 1. The van der Waals surface area contributed by atoms with Gasteiger partial charge in [0.25, 0.3) is 0 Å². The number of urea groups is 1. The highest BCUT2D eigenvalue weighted by molar-refractivity contribution is 5.98. The quantitative estimate of drug-likeness (QED) is 0.438. The zero-order valence-corrected chi connectivity index (χ0v) is 20.8. The number of carbonyl (C=O) groups is 1. The maximum Gasteiger partial charge on any atom is 0.416 e. The monoisotopic (exact) mass is 515 g/mol.